The smallest absolute Gasteiger partial charge is 0.337 e. The highest BCUT2D eigenvalue weighted by Gasteiger charge is 2.18. The van der Waals surface area contributed by atoms with Gasteiger partial charge in [-0.05, 0) is 19.1 Å². The number of fused-ring (bicyclic) bond motifs is 1. The number of benzene rings is 1. The number of aromatic nitrogens is 4. The Kier molecular flexibility index (Phi) is 4.55. The summed E-state index contributed by atoms with van der Waals surface area (Å²) in [4.78, 5) is 20.4. The summed E-state index contributed by atoms with van der Waals surface area (Å²) in [5.41, 5.74) is 2.50. The van der Waals surface area contributed by atoms with Crippen LogP contribution in [0.2, 0.25) is 5.02 Å². The molecule has 1 N–H and O–H groups in total. The Balaban J connectivity index is 2.17. The average Bonchev–Trinajstić information content (AvgIpc) is 3.19. The summed E-state index contributed by atoms with van der Waals surface area (Å²) in [6.45, 7) is 3.03. The van der Waals surface area contributed by atoms with Crippen LogP contribution in [0.5, 0.6) is 0 Å². The van der Waals surface area contributed by atoms with E-state index < -0.39 is 5.97 Å². The number of aryl methyl sites for hydroxylation is 1. The number of hydrogen-bond acceptors (Lipinski definition) is 5. The van der Waals surface area contributed by atoms with E-state index in [1.165, 1.54) is 13.2 Å². The highest BCUT2D eigenvalue weighted by Crippen LogP contribution is 2.27. The van der Waals surface area contributed by atoms with Crippen LogP contribution in [0.4, 0.5) is 0 Å². The molecule has 0 aliphatic carbocycles. The number of carbonyl (C=O) groups is 1. The Morgan fingerprint density at radius 1 is 1.42 bits per heavy atom. The lowest BCUT2D eigenvalue weighted by atomic mass is 10.2. The number of esters is 1. The predicted molar refractivity (Wildman–Crippen MR) is 89.0 cm³/mol. The Bertz CT molecular complexity index is 900. The molecule has 0 saturated heterocycles. The Morgan fingerprint density at radius 2 is 2.21 bits per heavy atom. The van der Waals surface area contributed by atoms with E-state index in [-0.39, 0.29) is 6.61 Å². The molecule has 3 aromatic rings. The van der Waals surface area contributed by atoms with Gasteiger partial charge in [0.05, 0.1) is 41.8 Å². The van der Waals surface area contributed by atoms with Crippen molar-refractivity contribution in [1.82, 2.24) is 19.1 Å². The second-order valence-electron chi connectivity index (χ2n) is 5.26. The van der Waals surface area contributed by atoms with Gasteiger partial charge in [0.2, 0.25) is 0 Å². The number of carbonyl (C=O) groups excluding carboxylic acids is 1. The second kappa shape index (κ2) is 6.62. The number of rotatable bonds is 5. The molecule has 24 heavy (non-hydrogen) atoms. The predicted octanol–water partition coefficient (Wildman–Crippen LogP) is 2.23. The maximum atomic E-state index is 11.8. The number of aliphatic hydroxyl groups is 1. The standard InChI is InChI=1S/C16H17ClN4O3/c1-3-20-9-18-6-11(20)7-21-13-5-10(16(23)24-2)4-12(17)15(13)19-14(21)8-22/h4-6,9,22H,3,7-8H2,1-2H3. The maximum Gasteiger partial charge on any atom is 0.337 e. The van der Waals surface area contributed by atoms with Crippen molar-refractivity contribution in [1.29, 1.82) is 0 Å². The molecule has 0 aliphatic heterocycles. The number of methoxy groups -OCH3 is 1. The van der Waals surface area contributed by atoms with E-state index >= 15 is 0 Å². The summed E-state index contributed by atoms with van der Waals surface area (Å²) in [5, 5.41) is 9.99. The summed E-state index contributed by atoms with van der Waals surface area (Å²) in [5.74, 6) is -0.00605. The average molecular weight is 349 g/mol. The molecule has 0 atom stereocenters. The first-order valence-corrected chi connectivity index (χ1v) is 7.83. The quantitative estimate of drug-likeness (QED) is 0.715. The van der Waals surface area contributed by atoms with Gasteiger partial charge in [-0.15, -0.1) is 0 Å². The Morgan fingerprint density at radius 3 is 2.88 bits per heavy atom. The first-order valence-electron chi connectivity index (χ1n) is 7.45. The summed E-state index contributed by atoms with van der Waals surface area (Å²) in [6, 6.07) is 3.19. The Hall–Kier alpha value is -2.38. The zero-order valence-corrected chi connectivity index (χ0v) is 14.1. The van der Waals surface area contributed by atoms with E-state index in [0.717, 1.165) is 12.2 Å². The van der Waals surface area contributed by atoms with Crippen molar-refractivity contribution in [2.75, 3.05) is 7.11 Å². The second-order valence-corrected chi connectivity index (χ2v) is 5.67. The molecule has 0 amide bonds. The molecule has 2 aromatic heterocycles. The topological polar surface area (TPSA) is 82.2 Å². The third kappa shape index (κ3) is 2.76. The molecular weight excluding hydrogens is 332 g/mol. The molecule has 0 fully saturated rings. The van der Waals surface area contributed by atoms with Crippen LogP contribution in [0.1, 0.15) is 28.8 Å². The molecule has 8 heteroatoms. The lowest BCUT2D eigenvalue weighted by Crippen LogP contribution is -2.10. The largest absolute Gasteiger partial charge is 0.465 e. The van der Waals surface area contributed by atoms with Crippen LogP contribution in [0.15, 0.2) is 24.7 Å². The summed E-state index contributed by atoms with van der Waals surface area (Å²) < 4.78 is 8.59. The van der Waals surface area contributed by atoms with E-state index in [0.29, 0.717) is 34.0 Å². The van der Waals surface area contributed by atoms with Crippen molar-refractivity contribution < 1.29 is 14.6 Å². The summed E-state index contributed by atoms with van der Waals surface area (Å²) in [7, 11) is 1.32. The van der Waals surface area contributed by atoms with Crippen molar-refractivity contribution >= 4 is 28.6 Å². The van der Waals surface area contributed by atoms with Crippen LogP contribution in [0.3, 0.4) is 0 Å². The van der Waals surface area contributed by atoms with Gasteiger partial charge in [0, 0.05) is 12.7 Å². The SMILES string of the molecule is CCn1cncc1Cn1c(CO)nc2c(Cl)cc(C(=O)OC)cc21. The number of hydrogen-bond donors (Lipinski definition) is 1. The van der Waals surface area contributed by atoms with E-state index in [1.54, 1.807) is 18.6 Å². The third-order valence-corrected chi connectivity index (χ3v) is 4.20. The number of nitrogens with zero attached hydrogens (tertiary/aromatic N) is 4. The molecule has 0 bridgehead atoms. The van der Waals surface area contributed by atoms with Crippen molar-refractivity contribution in [2.45, 2.75) is 26.6 Å². The van der Waals surface area contributed by atoms with E-state index in [4.69, 9.17) is 16.3 Å². The lowest BCUT2D eigenvalue weighted by molar-refractivity contribution is 0.0601. The zero-order chi connectivity index (χ0) is 17.3. The van der Waals surface area contributed by atoms with Crippen LogP contribution in [-0.4, -0.2) is 37.3 Å². The fourth-order valence-electron chi connectivity index (χ4n) is 2.69. The van der Waals surface area contributed by atoms with Gasteiger partial charge in [0.25, 0.3) is 0 Å². The molecule has 2 heterocycles. The molecule has 1 aromatic carbocycles. The van der Waals surface area contributed by atoms with Gasteiger partial charge in [-0.1, -0.05) is 11.6 Å². The molecular formula is C16H17ClN4O3. The first kappa shape index (κ1) is 16.5. The van der Waals surface area contributed by atoms with Crippen LogP contribution in [0.25, 0.3) is 11.0 Å². The molecule has 3 rings (SSSR count). The number of aliphatic hydroxyl groups excluding tert-OH is 1. The van der Waals surface area contributed by atoms with Gasteiger partial charge in [-0.2, -0.15) is 0 Å². The Labute approximate surface area is 143 Å². The summed E-state index contributed by atoms with van der Waals surface area (Å²) >= 11 is 6.26. The monoisotopic (exact) mass is 348 g/mol. The molecule has 7 nitrogen and oxygen atoms in total. The van der Waals surface area contributed by atoms with Gasteiger partial charge in [0.1, 0.15) is 17.9 Å². The molecule has 0 saturated carbocycles. The van der Waals surface area contributed by atoms with E-state index in [1.807, 2.05) is 16.1 Å². The zero-order valence-electron chi connectivity index (χ0n) is 13.4. The molecule has 0 radical (unpaired) electrons. The van der Waals surface area contributed by atoms with Gasteiger partial charge >= 0.3 is 5.97 Å². The van der Waals surface area contributed by atoms with Gasteiger partial charge < -0.3 is 19.0 Å². The highest BCUT2D eigenvalue weighted by molar-refractivity contribution is 6.35. The van der Waals surface area contributed by atoms with Crippen LogP contribution in [0, 0.1) is 0 Å². The number of halogens is 1. The summed E-state index contributed by atoms with van der Waals surface area (Å²) in [6.07, 6.45) is 3.52. The van der Waals surface area contributed by atoms with Crippen LogP contribution < -0.4 is 0 Å². The van der Waals surface area contributed by atoms with Crippen molar-refractivity contribution in [3.63, 3.8) is 0 Å². The number of ether oxygens (including phenoxy) is 1. The van der Waals surface area contributed by atoms with Gasteiger partial charge in [-0.25, -0.2) is 14.8 Å². The molecule has 126 valence electrons. The minimum absolute atomic E-state index is 0.237. The maximum absolute atomic E-state index is 11.8. The van der Waals surface area contributed by atoms with Crippen LogP contribution >= 0.6 is 11.6 Å². The minimum Gasteiger partial charge on any atom is -0.465 e. The first-order chi connectivity index (χ1) is 11.6. The molecule has 0 unspecified atom stereocenters. The van der Waals surface area contributed by atoms with Crippen LogP contribution in [-0.2, 0) is 24.4 Å². The minimum atomic E-state index is -0.476. The van der Waals surface area contributed by atoms with E-state index in [9.17, 15) is 9.90 Å². The number of imidazole rings is 2. The molecule has 0 spiro atoms. The van der Waals surface area contributed by atoms with E-state index in [2.05, 4.69) is 9.97 Å². The van der Waals surface area contributed by atoms with Crippen molar-refractivity contribution in [3.05, 3.63) is 46.8 Å². The highest BCUT2D eigenvalue weighted by atomic mass is 35.5. The third-order valence-electron chi connectivity index (χ3n) is 3.91. The fourth-order valence-corrected chi connectivity index (χ4v) is 2.95. The molecule has 0 aliphatic rings. The normalized spacial score (nSPS) is 11.2. The lowest BCUT2D eigenvalue weighted by Gasteiger charge is -2.10. The van der Waals surface area contributed by atoms with Gasteiger partial charge in [-0.3, -0.25) is 0 Å². The van der Waals surface area contributed by atoms with Crippen molar-refractivity contribution in [2.24, 2.45) is 0 Å². The van der Waals surface area contributed by atoms with Gasteiger partial charge in [0.15, 0.2) is 0 Å². The fraction of sp³-hybridized carbons (Fsp3) is 0.312. The van der Waals surface area contributed by atoms with Crippen molar-refractivity contribution in [3.8, 4) is 0 Å².